The van der Waals surface area contributed by atoms with Crippen molar-refractivity contribution in [3.63, 3.8) is 0 Å². The Balaban J connectivity index is 2.00. The minimum absolute atomic E-state index is 0.0250. The molecule has 1 aliphatic heterocycles. The van der Waals surface area contributed by atoms with Crippen molar-refractivity contribution in [2.45, 2.75) is 25.3 Å². The monoisotopic (exact) mass is 216 g/mol. The second-order valence-corrected chi connectivity index (χ2v) is 4.03. The molecule has 1 aromatic rings. The van der Waals surface area contributed by atoms with Crippen LogP contribution in [-0.2, 0) is 16.0 Å². The smallest absolute Gasteiger partial charge is 0.227 e. The fraction of sp³-hybridized carbons (Fsp3) is 0.385. The number of hydrogen-bond acceptors (Lipinski definition) is 2. The summed E-state index contributed by atoms with van der Waals surface area (Å²) >= 11 is 0. The molecule has 0 bridgehead atoms. The van der Waals surface area contributed by atoms with E-state index >= 15 is 0 Å². The Labute approximate surface area is 95.1 Å². The Morgan fingerprint density at radius 3 is 2.81 bits per heavy atom. The zero-order valence-electron chi connectivity index (χ0n) is 9.06. The van der Waals surface area contributed by atoms with Crippen molar-refractivity contribution >= 4 is 12.2 Å². The summed E-state index contributed by atoms with van der Waals surface area (Å²) in [5.41, 5.74) is 0.990. The number of likely N-dealkylation sites (tertiary alicyclic amines) is 1. The predicted molar refractivity (Wildman–Crippen MR) is 60.6 cm³/mol. The van der Waals surface area contributed by atoms with Crippen LogP contribution in [0.4, 0.5) is 0 Å². The quantitative estimate of drug-likeness (QED) is 0.764. The third kappa shape index (κ3) is 2.30. The van der Waals surface area contributed by atoms with Crippen LogP contribution in [0.3, 0.4) is 0 Å². The van der Waals surface area contributed by atoms with Crippen molar-refractivity contribution in [2.24, 2.45) is 0 Å². The SMILES string of the molecule is O=[C][C@@H]1CCCN1C(=O)Cc1ccccc1. The number of carbonyl (C=O) groups excluding carboxylic acids is 2. The molecule has 1 amide bonds. The minimum Gasteiger partial charge on any atom is -0.332 e. The molecule has 1 fully saturated rings. The molecule has 16 heavy (non-hydrogen) atoms. The molecule has 0 saturated carbocycles. The highest BCUT2D eigenvalue weighted by atomic mass is 16.2. The van der Waals surface area contributed by atoms with Gasteiger partial charge in [0.2, 0.25) is 12.2 Å². The van der Waals surface area contributed by atoms with E-state index in [1.165, 1.54) is 0 Å². The van der Waals surface area contributed by atoms with Gasteiger partial charge in [-0.1, -0.05) is 30.3 Å². The summed E-state index contributed by atoms with van der Waals surface area (Å²) in [6.45, 7) is 0.686. The van der Waals surface area contributed by atoms with Gasteiger partial charge >= 0.3 is 0 Å². The van der Waals surface area contributed by atoms with Gasteiger partial charge in [-0.25, -0.2) is 0 Å². The first-order valence-electron chi connectivity index (χ1n) is 5.52. The lowest BCUT2D eigenvalue weighted by molar-refractivity contribution is -0.130. The Morgan fingerprint density at radius 2 is 2.12 bits per heavy atom. The van der Waals surface area contributed by atoms with Crippen LogP contribution in [0.15, 0.2) is 30.3 Å². The molecule has 0 unspecified atom stereocenters. The zero-order valence-corrected chi connectivity index (χ0v) is 9.06. The molecule has 1 aliphatic rings. The number of carbonyl (C=O) groups is 1. The standard InChI is InChI=1S/C13H14NO2/c15-10-12-7-4-8-14(12)13(16)9-11-5-2-1-3-6-11/h1-3,5-6,12H,4,7-9H2/t12-/m0/s1. The van der Waals surface area contributed by atoms with Crippen LogP contribution in [0.2, 0.25) is 0 Å². The van der Waals surface area contributed by atoms with Crippen LogP contribution in [0.25, 0.3) is 0 Å². The molecule has 0 N–H and O–H groups in total. The normalized spacial score (nSPS) is 19.8. The molecule has 1 saturated heterocycles. The largest absolute Gasteiger partial charge is 0.332 e. The Bertz CT molecular complexity index is 375. The van der Waals surface area contributed by atoms with Crippen molar-refractivity contribution in [1.82, 2.24) is 4.90 Å². The second kappa shape index (κ2) is 4.92. The summed E-state index contributed by atoms with van der Waals surface area (Å²) < 4.78 is 0. The van der Waals surface area contributed by atoms with Crippen LogP contribution >= 0.6 is 0 Å². The number of nitrogens with zero attached hydrogens (tertiary/aromatic N) is 1. The molecule has 3 nitrogen and oxygen atoms in total. The predicted octanol–water partition coefficient (Wildman–Crippen LogP) is 1.33. The van der Waals surface area contributed by atoms with Crippen LogP contribution < -0.4 is 0 Å². The van der Waals surface area contributed by atoms with E-state index < -0.39 is 0 Å². The highest BCUT2D eigenvalue weighted by molar-refractivity contribution is 5.82. The first kappa shape index (κ1) is 10.9. The number of rotatable bonds is 3. The van der Waals surface area contributed by atoms with E-state index in [2.05, 4.69) is 0 Å². The number of amides is 1. The van der Waals surface area contributed by atoms with Gasteiger partial charge in [0.1, 0.15) is 0 Å². The highest BCUT2D eigenvalue weighted by Gasteiger charge is 2.28. The highest BCUT2D eigenvalue weighted by Crippen LogP contribution is 2.16. The molecule has 0 aliphatic carbocycles. The Morgan fingerprint density at radius 1 is 1.38 bits per heavy atom. The van der Waals surface area contributed by atoms with Gasteiger partial charge in [-0.05, 0) is 18.4 Å². The van der Waals surface area contributed by atoms with E-state index in [1.54, 1.807) is 4.90 Å². The van der Waals surface area contributed by atoms with E-state index in [4.69, 9.17) is 0 Å². The lowest BCUT2D eigenvalue weighted by Gasteiger charge is -2.19. The Kier molecular flexibility index (Phi) is 3.34. The molecule has 83 valence electrons. The van der Waals surface area contributed by atoms with Crippen LogP contribution in [0, 0.1) is 0 Å². The van der Waals surface area contributed by atoms with Gasteiger partial charge in [-0.3, -0.25) is 9.59 Å². The molecule has 1 radical (unpaired) electrons. The molecule has 0 aromatic heterocycles. The summed E-state index contributed by atoms with van der Waals surface area (Å²) in [6.07, 6.45) is 3.97. The maximum atomic E-state index is 11.9. The van der Waals surface area contributed by atoms with E-state index in [1.807, 2.05) is 36.6 Å². The molecule has 1 heterocycles. The lowest BCUT2D eigenvalue weighted by atomic mass is 10.1. The van der Waals surface area contributed by atoms with E-state index in [9.17, 15) is 9.59 Å². The molecular formula is C13H14NO2. The Hall–Kier alpha value is -1.64. The van der Waals surface area contributed by atoms with Crippen LogP contribution in [0.1, 0.15) is 18.4 Å². The number of hydrogen-bond donors (Lipinski definition) is 0. The summed E-state index contributed by atoms with van der Waals surface area (Å²) in [4.78, 5) is 24.2. The fourth-order valence-corrected chi connectivity index (χ4v) is 2.06. The molecule has 1 atom stereocenters. The third-order valence-electron chi connectivity index (χ3n) is 2.91. The van der Waals surface area contributed by atoms with Gasteiger partial charge in [0.15, 0.2) is 0 Å². The van der Waals surface area contributed by atoms with Gasteiger partial charge in [0.25, 0.3) is 0 Å². The topological polar surface area (TPSA) is 37.4 Å². The molecule has 2 rings (SSSR count). The summed E-state index contributed by atoms with van der Waals surface area (Å²) in [5.74, 6) is 0.0250. The first-order valence-corrected chi connectivity index (χ1v) is 5.52. The molecule has 3 heteroatoms. The maximum absolute atomic E-state index is 11.9. The maximum Gasteiger partial charge on any atom is 0.227 e. The average Bonchev–Trinajstić information content (AvgIpc) is 2.78. The van der Waals surface area contributed by atoms with Crippen molar-refractivity contribution in [1.29, 1.82) is 0 Å². The van der Waals surface area contributed by atoms with E-state index in [-0.39, 0.29) is 11.9 Å². The van der Waals surface area contributed by atoms with Gasteiger partial charge < -0.3 is 4.90 Å². The van der Waals surface area contributed by atoms with Crippen LogP contribution in [-0.4, -0.2) is 29.7 Å². The van der Waals surface area contributed by atoms with Gasteiger partial charge in [0, 0.05) is 6.54 Å². The fourth-order valence-electron chi connectivity index (χ4n) is 2.06. The molecule has 0 spiro atoms. The number of benzene rings is 1. The van der Waals surface area contributed by atoms with Gasteiger partial charge in [0.05, 0.1) is 12.5 Å². The molecule has 1 aromatic carbocycles. The van der Waals surface area contributed by atoms with Crippen molar-refractivity contribution in [3.05, 3.63) is 35.9 Å². The lowest BCUT2D eigenvalue weighted by Crippen LogP contribution is -2.37. The van der Waals surface area contributed by atoms with Gasteiger partial charge in [-0.15, -0.1) is 0 Å². The molecular weight excluding hydrogens is 202 g/mol. The van der Waals surface area contributed by atoms with Crippen molar-refractivity contribution in [3.8, 4) is 0 Å². The second-order valence-electron chi connectivity index (χ2n) is 4.03. The summed E-state index contributed by atoms with van der Waals surface area (Å²) in [5, 5.41) is 0. The third-order valence-corrected chi connectivity index (χ3v) is 2.91. The van der Waals surface area contributed by atoms with E-state index in [0.29, 0.717) is 13.0 Å². The average molecular weight is 216 g/mol. The summed E-state index contributed by atoms with van der Waals surface area (Å²) in [6, 6.07) is 9.27. The first-order chi connectivity index (χ1) is 7.81. The summed E-state index contributed by atoms with van der Waals surface area (Å²) in [7, 11) is 0. The van der Waals surface area contributed by atoms with Crippen molar-refractivity contribution < 1.29 is 9.59 Å². The van der Waals surface area contributed by atoms with Crippen LogP contribution in [0.5, 0.6) is 0 Å². The van der Waals surface area contributed by atoms with E-state index in [0.717, 1.165) is 18.4 Å². The van der Waals surface area contributed by atoms with Crippen molar-refractivity contribution in [2.75, 3.05) is 6.54 Å². The zero-order chi connectivity index (χ0) is 11.4. The minimum atomic E-state index is -0.323. The van der Waals surface area contributed by atoms with Gasteiger partial charge in [-0.2, -0.15) is 0 Å².